The van der Waals surface area contributed by atoms with E-state index < -0.39 is 0 Å². The fourth-order valence-corrected chi connectivity index (χ4v) is 3.33. The summed E-state index contributed by atoms with van der Waals surface area (Å²) >= 11 is 3.30. The largest absolute Gasteiger partial charge is 0.341 e. The van der Waals surface area contributed by atoms with Gasteiger partial charge in [0.1, 0.15) is 5.82 Å². The van der Waals surface area contributed by atoms with Gasteiger partial charge in [-0.1, -0.05) is 22.0 Å². The first-order chi connectivity index (χ1) is 13.9. The minimum absolute atomic E-state index is 0.0881. The van der Waals surface area contributed by atoms with Gasteiger partial charge in [0.05, 0.1) is 12.4 Å². The van der Waals surface area contributed by atoms with Crippen molar-refractivity contribution >= 4 is 40.2 Å². The Morgan fingerprint density at radius 2 is 2.14 bits per heavy atom. The summed E-state index contributed by atoms with van der Waals surface area (Å²) in [6, 6.07) is 6.32. The summed E-state index contributed by atoms with van der Waals surface area (Å²) in [5.41, 5.74) is 2.36. The van der Waals surface area contributed by atoms with Gasteiger partial charge in [0.2, 0.25) is 6.41 Å². The minimum Gasteiger partial charge on any atom is -0.341 e. The maximum absolute atomic E-state index is 13.8. The molecule has 0 fully saturated rings. The molecule has 1 heterocycles. The van der Waals surface area contributed by atoms with E-state index in [2.05, 4.69) is 31.3 Å². The van der Waals surface area contributed by atoms with Crippen LogP contribution in [0, 0.1) is 5.82 Å². The van der Waals surface area contributed by atoms with E-state index in [1.165, 1.54) is 17.0 Å². The Morgan fingerprint density at radius 1 is 1.38 bits per heavy atom. The number of amides is 2. The minimum atomic E-state index is -0.352. The van der Waals surface area contributed by atoms with Crippen LogP contribution >= 0.6 is 15.9 Å². The van der Waals surface area contributed by atoms with E-state index in [1.807, 2.05) is 26.0 Å². The molecule has 0 spiro atoms. The first-order valence-corrected chi connectivity index (χ1v) is 9.81. The van der Waals surface area contributed by atoms with Gasteiger partial charge in [-0.2, -0.15) is 5.10 Å². The van der Waals surface area contributed by atoms with Gasteiger partial charge in [0.15, 0.2) is 5.69 Å². The van der Waals surface area contributed by atoms with Gasteiger partial charge < -0.3 is 10.2 Å². The highest BCUT2D eigenvalue weighted by Crippen LogP contribution is 2.20. The molecule has 0 aliphatic rings. The Hall–Kier alpha value is -2.81. The van der Waals surface area contributed by atoms with Crippen LogP contribution in [0.1, 0.15) is 35.6 Å². The molecule has 1 aromatic carbocycles. The Morgan fingerprint density at radius 3 is 2.72 bits per heavy atom. The number of carbonyl (C=O) groups excluding carboxylic acids is 2. The number of aromatic nitrogens is 2. The van der Waals surface area contributed by atoms with Gasteiger partial charge in [0, 0.05) is 36.4 Å². The van der Waals surface area contributed by atoms with Crippen LogP contribution in [0.15, 0.2) is 39.8 Å². The highest BCUT2D eigenvalue weighted by atomic mass is 79.9. The second-order valence-corrected chi connectivity index (χ2v) is 7.05. The zero-order valence-corrected chi connectivity index (χ0v) is 18.1. The standard InChI is InChI=1S/C20H23BrFN5O2/c1-4-17(11-23-3)27-18(8-14-6-15(21)9-16(22)7-14)10-19(25-27)20(29)26(5-2)12-24-13-28/h4,6-7,9-11,13H,5,8,12H2,1-3H3,(H,24,28)/b17-4+,23-11?. The third-order valence-electron chi connectivity index (χ3n) is 4.15. The Labute approximate surface area is 177 Å². The Balaban J connectivity index is 2.47. The number of hydrogen-bond acceptors (Lipinski definition) is 4. The van der Waals surface area contributed by atoms with Crippen LogP contribution in [0.25, 0.3) is 5.70 Å². The molecule has 2 rings (SSSR count). The van der Waals surface area contributed by atoms with Crippen LogP contribution in [-0.4, -0.2) is 53.5 Å². The van der Waals surface area contributed by atoms with Crippen LogP contribution < -0.4 is 5.32 Å². The first-order valence-electron chi connectivity index (χ1n) is 9.02. The number of aliphatic imine (C=N–C) groups is 1. The average molecular weight is 464 g/mol. The fourth-order valence-electron chi connectivity index (χ4n) is 2.82. The van der Waals surface area contributed by atoms with E-state index in [0.717, 1.165) is 5.56 Å². The van der Waals surface area contributed by atoms with Crippen molar-refractivity contribution in [3.63, 3.8) is 0 Å². The molecule has 0 bridgehead atoms. The summed E-state index contributed by atoms with van der Waals surface area (Å²) in [6.45, 7) is 4.15. The summed E-state index contributed by atoms with van der Waals surface area (Å²) in [7, 11) is 1.65. The topological polar surface area (TPSA) is 79.6 Å². The average Bonchev–Trinajstić information content (AvgIpc) is 3.09. The van der Waals surface area contributed by atoms with Crippen molar-refractivity contribution < 1.29 is 14.0 Å². The van der Waals surface area contributed by atoms with Crippen molar-refractivity contribution in [1.29, 1.82) is 0 Å². The van der Waals surface area contributed by atoms with Crippen molar-refractivity contribution in [2.24, 2.45) is 4.99 Å². The Bertz CT molecular complexity index is 919. The SMILES string of the molecule is C/C=C(\C=NC)n1nc(C(=O)N(CC)CNC=O)cc1Cc1cc(F)cc(Br)c1. The van der Waals surface area contributed by atoms with Gasteiger partial charge in [-0.25, -0.2) is 9.07 Å². The van der Waals surface area contributed by atoms with Crippen molar-refractivity contribution in [3.05, 3.63) is 57.6 Å². The van der Waals surface area contributed by atoms with E-state index >= 15 is 0 Å². The molecule has 1 aromatic heterocycles. The number of hydrogen-bond donors (Lipinski definition) is 1. The van der Waals surface area contributed by atoms with Gasteiger partial charge >= 0.3 is 0 Å². The normalized spacial score (nSPS) is 11.7. The van der Waals surface area contributed by atoms with Crippen molar-refractivity contribution in [2.75, 3.05) is 20.3 Å². The summed E-state index contributed by atoms with van der Waals surface area (Å²) in [6.07, 6.45) is 4.37. The maximum atomic E-state index is 13.8. The molecule has 0 aliphatic carbocycles. The summed E-state index contributed by atoms with van der Waals surface area (Å²) in [5.74, 6) is -0.665. The molecular weight excluding hydrogens is 441 g/mol. The molecule has 0 radical (unpaired) electrons. The summed E-state index contributed by atoms with van der Waals surface area (Å²) in [5, 5.41) is 6.95. The molecule has 7 nitrogen and oxygen atoms in total. The molecule has 2 amide bonds. The lowest BCUT2D eigenvalue weighted by atomic mass is 10.1. The fraction of sp³-hybridized carbons (Fsp3) is 0.300. The number of benzene rings is 1. The summed E-state index contributed by atoms with van der Waals surface area (Å²) in [4.78, 5) is 28.9. The van der Waals surface area contributed by atoms with Crippen LogP contribution in [0.3, 0.4) is 0 Å². The quantitative estimate of drug-likeness (QED) is 0.352. The smallest absolute Gasteiger partial charge is 0.275 e. The number of carbonyl (C=O) groups is 2. The first kappa shape index (κ1) is 22.5. The molecular formula is C20H23BrFN5O2. The lowest BCUT2D eigenvalue weighted by Gasteiger charge is -2.18. The maximum Gasteiger partial charge on any atom is 0.275 e. The van der Waals surface area contributed by atoms with Gasteiger partial charge in [-0.3, -0.25) is 14.6 Å². The van der Waals surface area contributed by atoms with Crippen LogP contribution in [0.5, 0.6) is 0 Å². The molecule has 2 aromatic rings. The number of rotatable bonds is 9. The second kappa shape index (κ2) is 10.7. The molecule has 0 atom stereocenters. The highest BCUT2D eigenvalue weighted by molar-refractivity contribution is 9.10. The molecule has 154 valence electrons. The number of halogens is 2. The zero-order chi connectivity index (χ0) is 21.4. The zero-order valence-electron chi connectivity index (χ0n) is 16.5. The lowest BCUT2D eigenvalue weighted by Crippen LogP contribution is -2.38. The van der Waals surface area contributed by atoms with E-state index in [9.17, 15) is 14.0 Å². The van der Waals surface area contributed by atoms with E-state index in [0.29, 0.717) is 35.2 Å². The van der Waals surface area contributed by atoms with E-state index in [1.54, 1.807) is 24.0 Å². The molecule has 0 saturated heterocycles. The molecule has 1 N–H and O–H groups in total. The van der Waals surface area contributed by atoms with E-state index in [-0.39, 0.29) is 24.1 Å². The van der Waals surface area contributed by atoms with Gasteiger partial charge in [-0.15, -0.1) is 0 Å². The highest BCUT2D eigenvalue weighted by Gasteiger charge is 2.20. The molecule has 0 saturated carbocycles. The summed E-state index contributed by atoms with van der Waals surface area (Å²) < 4.78 is 16.1. The van der Waals surface area contributed by atoms with E-state index in [4.69, 9.17) is 0 Å². The third-order valence-corrected chi connectivity index (χ3v) is 4.60. The predicted molar refractivity (Wildman–Crippen MR) is 114 cm³/mol. The van der Waals surface area contributed by atoms with Crippen molar-refractivity contribution in [1.82, 2.24) is 20.0 Å². The number of allylic oxidation sites excluding steroid dienone is 2. The van der Waals surface area contributed by atoms with Crippen LogP contribution in [0.4, 0.5) is 4.39 Å². The second-order valence-electron chi connectivity index (χ2n) is 6.13. The van der Waals surface area contributed by atoms with Gasteiger partial charge in [-0.05, 0) is 43.7 Å². The molecule has 0 aliphatic heterocycles. The van der Waals surface area contributed by atoms with Gasteiger partial charge in [0.25, 0.3) is 5.91 Å². The predicted octanol–water partition coefficient (Wildman–Crippen LogP) is 3.10. The molecule has 0 unspecified atom stereocenters. The lowest BCUT2D eigenvalue weighted by molar-refractivity contribution is -0.109. The number of nitrogens with one attached hydrogen (secondary N) is 1. The molecule has 29 heavy (non-hydrogen) atoms. The molecule has 9 heteroatoms. The number of nitrogens with zero attached hydrogens (tertiary/aromatic N) is 4. The van der Waals surface area contributed by atoms with Crippen LogP contribution in [-0.2, 0) is 11.2 Å². The third kappa shape index (κ3) is 5.83. The Kier molecular flexibility index (Phi) is 8.26. The van der Waals surface area contributed by atoms with Crippen LogP contribution in [0.2, 0.25) is 0 Å². The van der Waals surface area contributed by atoms with Crippen molar-refractivity contribution in [2.45, 2.75) is 20.3 Å². The van der Waals surface area contributed by atoms with Crippen molar-refractivity contribution in [3.8, 4) is 0 Å². The monoisotopic (exact) mass is 463 g/mol.